The minimum atomic E-state index is -5.70. The summed E-state index contributed by atoms with van der Waals surface area (Å²) < 4.78 is 85.1. The van der Waals surface area contributed by atoms with Crippen molar-refractivity contribution >= 4 is 10.1 Å². The normalized spacial score (nSPS) is 34.0. The Morgan fingerprint density at radius 1 is 1.09 bits per heavy atom. The molecule has 23 heavy (non-hydrogen) atoms. The quantitative estimate of drug-likeness (QED) is 0.553. The van der Waals surface area contributed by atoms with Gasteiger partial charge >= 0.3 is 15.6 Å². The highest BCUT2D eigenvalue weighted by atomic mass is 32.2. The van der Waals surface area contributed by atoms with Crippen LogP contribution in [-0.4, -0.2) is 57.0 Å². The van der Waals surface area contributed by atoms with E-state index in [1.54, 1.807) is 27.7 Å². The van der Waals surface area contributed by atoms with Gasteiger partial charge in [-0.25, -0.2) is 0 Å². The molecule has 2 aliphatic rings. The van der Waals surface area contributed by atoms with E-state index in [9.17, 15) is 21.6 Å². The first-order valence-corrected chi connectivity index (χ1v) is 8.26. The molecule has 2 heterocycles. The molecular formula is C12H19F3O7S. The summed E-state index contributed by atoms with van der Waals surface area (Å²) in [5.74, 6) is -1.99. The van der Waals surface area contributed by atoms with Crippen molar-refractivity contribution in [3.63, 3.8) is 0 Å². The lowest BCUT2D eigenvalue weighted by molar-refractivity contribution is -0.174. The van der Waals surface area contributed by atoms with Crippen LogP contribution in [0.1, 0.15) is 27.7 Å². The zero-order valence-corrected chi connectivity index (χ0v) is 13.9. The van der Waals surface area contributed by atoms with Crippen LogP contribution in [0.2, 0.25) is 0 Å². The zero-order valence-electron chi connectivity index (χ0n) is 13.0. The van der Waals surface area contributed by atoms with Crippen molar-refractivity contribution in [2.75, 3.05) is 13.2 Å². The van der Waals surface area contributed by atoms with Gasteiger partial charge in [0.2, 0.25) is 0 Å². The molecule has 0 N–H and O–H groups in total. The molecule has 0 radical (unpaired) electrons. The van der Waals surface area contributed by atoms with Gasteiger partial charge in [-0.05, 0) is 27.7 Å². The fourth-order valence-corrected chi connectivity index (χ4v) is 2.85. The van der Waals surface area contributed by atoms with Crippen LogP contribution in [0.4, 0.5) is 13.2 Å². The van der Waals surface area contributed by atoms with Crippen LogP contribution < -0.4 is 0 Å². The molecule has 2 rings (SSSR count). The zero-order chi connectivity index (χ0) is 17.7. The lowest BCUT2D eigenvalue weighted by atomic mass is 10.1. The summed E-state index contributed by atoms with van der Waals surface area (Å²) in [6, 6.07) is 0. The summed E-state index contributed by atoms with van der Waals surface area (Å²) in [5.41, 5.74) is -5.49. The second-order valence-electron chi connectivity index (χ2n) is 6.19. The van der Waals surface area contributed by atoms with Gasteiger partial charge in [-0.2, -0.15) is 21.6 Å². The number of hydrogen-bond donors (Lipinski definition) is 0. The van der Waals surface area contributed by atoms with Gasteiger partial charge in [0, 0.05) is 0 Å². The van der Waals surface area contributed by atoms with E-state index in [0.717, 1.165) is 0 Å². The Labute approximate surface area is 132 Å². The number of hydrogen-bond acceptors (Lipinski definition) is 7. The molecule has 3 atom stereocenters. The van der Waals surface area contributed by atoms with Crippen molar-refractivity contribution in [3.05, 3.63) is 0 Å². The summed E-state index contributed by atoms with van der Waals surface area (Å²) >= 11 is 0. The van der Waals surface area contributed by atoms with Gasteiger partial charge in [-0.15, -0.1) is 0 Å². The molecule has 0 bridgehead atoms. The molecule has 0 aromatic carbocycles. The van der Waals surface area contributed by atoms with Crippen LogP contribution in [0.5, 0.6) is 0 Å². The number of halogens is 3. The predicted octanol–water partition coefficient (Wildman–Crippen LogP) is 1.52. The van der Waals surface area contributed by atoms with Crippen molar-refractivity contribution in [2.24, 2.45) is 0 Å². The first-order valence-electron chi connectivity index (χ1n) is 6.86. The second kappa shape index (κ2) is 5.81. The summed E-state index contributed by atoms with van der Waals surface area (Å²) in [7, 11) is -5.70. The Balaban J connectivity index is 2.07. The molecule has 2 saturated heterocycles. The van der Waals surface area contributed by atoms with E-state index in [1.165, 1.54) is 0 Å². The van der Waals surface area contributed by atoms with Crippen LogP contribution in [-0.2, 0) is 33.2 Å². The van der Waals surface area contributed by atoms with Gasteiger partial charge in [-0.1, -0.05) is 0 Å². The Bertz CT molecular complexity index is 543. The molecule has 0 saturated carbocycles. The Morgan fingerprint density at radius 3 is 2.17 bits per heavy atom. The van der Waals surface area contributed by atoms with Crippen LogP contribution in [0.3, 0.4) is 0 Å². The number of ether oxygens (including phenoxy) is 4. The number of rotatable bonds is 4. The molecule has 2 aliphatic heterocycles. The average Bonchev–Trinajstić information content (AvgIpc) is 2.85. The van der Waals surface area contributed by atoms with Crippen LogP contribution in [0.15, 0.2) is 0 Å². The first-order chi connectivity index (χ1) is 10.2. The van der Waals surface area contributed by atoms with Crippen LogP contribution >= 0.6 is 0 Å². The van der Waals surface area contributed by atoms with Crippen molar-refractivity contribution in [2.45, 2.75) is 63.1 Å². The topological polar surface area (TPSA) is 80.3 Å². The summed E-state index contributed by atoms with van der Waals surface area (Å²) in [6.07, 6.45) is -2.49. The van der Waals surface area contributed by atoms with Crippen molar-refractivity contribution in [3.8, 4) is 0 Å². The largest absolute Gasteiger partial charge is 0.523 e. The molecule has 136 valence electrons. The van der Waals surface area contributed by atoms with Gasteiger partial charge in [0.05, 0.1) is 13.2 Å². The molecular weight excluding hydrogens is 345 g/mol. The molecule has 2 fully saturated rings. The van der Waals surface area contributed by atoms with Gasteiger partial charge < -0.3 is 18.9 Å². The minimum Gasteiger partial charge on any atom is -0.348 e. The monoisotopic (exact) mass is 364 g/mol. The highest BCUT2D eigenvalue weighted by Gasteiger charge is 2.52. The summed E-state index contributed by atoms with van der Waals surface area (Å²) in [6.45, 7) is 5.76. The fourth-order valence-electron chi connectivity index (χ4n) is 2.41. The molecule has 11 heteroatoms. The fraction of sp³-hybridized carbons (Fsp3) is 1.00. The van der Waals surface area contributed by atoms with Crippen molar-refractivity contribution in [1.82, 2.24) is 0 Å². The standard InChI is InChI=1S/C12H19F3O7S/c1-10(2)18-5-7(20-10)9-8(21-11(3,4)22-9)6-19-23(16,17)12(13,14)15/h7-9H,5-6H2,1-4H3/t7-,8+,9?/m0/s1. The van der Waals surface area contributed by atoms with E-state index in [-0.39, 0.29) is 6.61 Å². The smallest absolute Gasteiger partial charge is 0.348 e. The van der Waals surface area contributed by atoms with E-state index in [2.05, 4.69) is 4.18 Å². The third-order valence-electron chi connectivity index (χ3n) is 3.29. The third kappa shape index (κ3) is 4.34. The minimum absolute atomic E-state index is 0.139. The lowest BCUT2D eigenvalue weighted by Crippen LogP contribution is -2.41. The average molecular weight is 364 g/mol. The highest BCUT2D eigenvalue weighted by molar-refractivity contribution is 7.87. The van der Waals surface area contributed by atoms with E-state index < -0.39 is 52.1 Å². The maximum absolute atomic E-state index is 12.3. The predicted molar refractivity (Wildman–Crippen MR) is 69.7 cm³/mol. The van der Waals surface area contributed by atoms with Crippen molar-refractivity contribution in [1.29, 1.82) is 0 Å². The second-order valence-corrected chi connectivity index (χ2v) is 7.80. The number of alkyl halides is 3. The third-order valence-corrected chi connectivity index (χ3v) is 4.30. The molecule has 0 spiro atoms. The van der Waals surface area contributed by atoms with Gasteiger partial charge in [0.1, 0.15) is 18.3 Å². The maximum Gasteiger partial charge on any atom is 0.523 e. The Morgan fingerprint density at radius 2 is 1.70 bits per heavy atom. The molecule has 7 nitrogen and oxygen atoms in total. The van der Waals surface area contributed by atoms with Gasteiger partial charge in [-0.3, -0.25) is 4.18 Å². The van der Waals surface area contributed by atoms with Crippen LogP contribution in [0, 0.1) is 0 Å². The van der Waals surface area contributed by atoms with Gasteiger partial charge in [0.25, 0.3) is 0 Å². The van der Waals surface area contributed by atoms with E-state index in [0.29, 0.717) is 0 Å². The SMILES string of the molecule is CC1(C)OC[C@@H](C2OC(C)(C)O[C@@H]2COS(=O)(=O)C(F)(F)F)O1. The van der Waals surface area contributed by atoms with E-state index in [1.807, 2.05) is 0 Å². The van der Waals surface area contributed by atoms with E-state index in [4.69, 9.17) is 18.9 Å². The molecule has 1 unspecified atom stereocenters. The summed E-state index contributed by atoms with van der Waals surface area (Å²) in [5, 5.41) is 0. The molecule has 0 aliphatic carbocycles. The van der Waals surface area contributed by atoms with Crippen molar-refractivity contribution < 1.29 is 44.7 Å². The summed E-state index contributed by atoms with van der Waals surface area (Å²) in [4.78, 5) is 0. The van der Waals surface area contributed by atoms with Crippen LogP contribution in [0.25, 0.3) is 0 Å². The molecule has 0 aromatic rings. The lowest BCUT2D eigenvalue weighted by Gasteiger charge is -2.23. The highest BCUT2D eigenvalue weighted by Crippen LogP contribution is 2.36. The molecule has 0 aromatic heterocycles. The Kier molecular flexibility index (Phi) is 4.77. The Hall–Kier alpha value is -0.460. The maximum atomic E-state index is 12.3. The first kappa shape index (κ1) is 18.9. The van der Waals surface area contributed by atoms with Gasteiger partial charge in [0.15, 0.2) is 11.6 Å². The van der Waals surface area contributed by atoms with E-state index >= 15 is 0 Å². The molecule has 0 amide bonds.